The Morgan fingerprint density at radius 3 is 2.74 bits per heavy atom. The Labute approximate surface area is 197 Å². The molecular weight excluding hydrogens is 438 g/mol. The van der Waals surface area contributed by atoms with E-state index in [9.17, 15) is 14.7 Å². The van der Waals surface area contributed by atoms with Gasteiger partial charge in [-0.05, 0) is 56.5 Å². The number of amidine groups is 1. The molecule has 11 nitrogen and oxygen atoms in total. The summed E-state index contributed by atoms with van der Waals surface area (Å²) in [5, 5.41) is 27.8. The van der Waals surface area contributed by atoms with Crippen molar-refractivity contribution in [2.45, 2.75) is 45.9 Å². The van der Waals surface area contributed by atoms with Crippen LogP contribution in [0.2, 0.25) is 0 Å². The molecule has 0 spiro atoms. The quantitative estimate of drug-likeness (QED) is 0.359. The van der Waals surface area contributed by atoms with Crippen molar-refractivity contribution in [2.24, 2.45) is 0 Å². The summed E-state index contributed by atoms with van der Waals surface area (Å²) in [6, 6.07) is 5.99. The van der Waals surface area contributed by atoms with Crippen LogP contribution in [-0.2, 0) is 17.7 Å². The van der Waals surface area contributed by atoms with Crippen molar-refractivity contribution in [1.29, 1.82) is 10.8 Å². The van der Waals surface area contributed by atoms with E-state index in [1.54, 1.807) is 56.1 Å². The molecule has 2 aromatic rings. The summed E-state index contributed by atoms with van der Waals surface area (Å²) in [5.74, 6) is -0.336. The number of aliphatic hydroxyl groups is 1. The first kappa shape index (κ1) is 24.8. The second-order valence-electron chi connectivity index (χ2n) is 8.22. The largest absolute Gasteiger partial charge is 0.447 e. The third-order valence-corrected chi connectivity index (χ3v) is 5.29. The third kappa shape index (κ3) is 5.73. The highest BCUT2D eigenvalue weighted by Gasteiger charge is 2.24. The number of hydrogen-bond donors (Lipinski definition) is 4. The van der Waals surface area contributed by atoms with E-state index in [4.69, 9.17) is 15.6 Å². The molecule has 0 aromatic carbocycles. The fraction of sp³-hybridized carbons (Fsp3) is 0.391. The Morgan fingerprint density at radius 2 is 2.06 bits per heavy atom. The lowest BCUT2D eigenvalue weighted by atomic mass is 10.0. The molecule has 34 heavy (non-hydrogen) atoms. The first-order valence-corrected chi connectivity index (χ1v) is 10.9. The number of carbonyl (C=O) groups is 2. The zero-order valence-corrected chi connectivity index (χ0v) is 19.4. The van der Waals surface area contributed by atoms with Crippen molar-refractivity contribution in [3.63, 3.8) is 0 Å². The van der Waals surface area contributed by atoms with Crippen LogP contribution in [0.1, 0.15) is 48.1 Å². The molecule has 180 valence electrons. The molecule has 1 unspecified atom stereocenters. The topological polar surface area (TPSA) is 156 Å². The van der Waals surface area contributed by atoms with Gasteiger partial charge in [0.15, 0.2) is 5.84 Å². The summed E-state index contributed by atoms with van der Waals surface area (Å²) in [6.45, 7) is 5.89. The van der Waals surface area contributed by atoms with Crippen LogP contribution >= 0.6 is 0 Å². The summed E-state index contributed by atoms with van der Waals surface area (Å²) in [5.41, 5.74) is 2.22. The van der Waals surface area contributed by atoms with Crippen LogP contribution < -0.4 is 5.32 Å². The van der Waals surface area contributed by atoms with Crippen molar-refractivity contribution in [2.75, 3.05) is 18.5 Å². The Morgan fingerprint density at radius 1 is 1.29 bits per heavy atom. The van der Waals surface area contributed by atoms with Gasteiger partial charge in [-0.25, -0.2) is 9.78 Å². The molecule has 0 saturated heterocycles. The second kappa shape index (κ2) is 10.8. The van der Waals surface area contributed by atoms with Gasteiger partial charge in [-0.2, -0.15) is 0 Å². The van der Waals surface area contributed by atoms with Crippen molar-refractivity contribution in [1.82, 2.24) is 19.8 Å². The highest BCUT2D eigenvalue weighted by Crippen LogP contribution is 2.20. The molecule has 11 heteroatoms. The highest BCUT2D eigenvalue weighted by atomic mass is 16.6. The predicted octanol–water partition coefficient (Wildman–Crippen LogP) is 2.25. The molecule has 0 bridgehead atoms. The molecule has 4 N–H and O–H groups in total. The van der Waals surface area contributed by atoms with Crippen LogP contribution in [-0.4, -0.2) is 74.3 Å². The van der Waals surface area contributed by atoms with Gasteiger partial charge in [0, 0.05) is 19.3 Å². The van der Waals surface area contributed by atoms with Gasteiger partial charge in [0.2, 0.25) is 0 Å². The summed E-state index contributed by atoms with van der Waals surface area (Å²) in [7, 11) is 0. The number of aromatic nitrogens is 2. The number of fused-ring (bicyclic) bond motifs is 1. The summed E-state index contributed by atoms with van der Waals surface area (Å²) in [4.78, 5) is 36.5. The van der Waals surface area contributed by atoms with E-state index in [1.807, 2.05) is 0 Å². The van der Waals surface area contributed by atoms with Crippen molar-refractivity contribution >= 4 is 30.0 Å². The number of amides is 2. The fourth-order valence-corrected chi connectivity index (χ4v) is 3.44. The normalized spacial score (nSPS) is 13.6. The van der Waals surface area contributed by atoms with E-state index in [0.717, 1.165) is 17.5 Å². The Balaban J connectivity index is 1.73. The lowest BCUT2D eigenvalue weighted by molar-refractivity contribution is 0.0729. The first-order valence-electron chi connectivity index (χ1n) is 10.9. The third-order valence-electron chi connectivity index (χ3n) is 5.29. The number of rotatable bonds is 7. The van der Waals surface area contributed by atoms with Crippen molar-refractivity contribution in [3.05, 3.63) is 53.0 Å². The van der Waals surface area contributed by atoms with E-state index in [2.05, 4.69) is 15.3 Å². The maximum Gasteiger partial charge on any atom is 0.410 e. The molecule has 0 fully saturated rings. The van der Waals surface area contributed by atoms with Crippen LogP contribution in [0, 0.1) is 10.8 Å². The Kier molecular flexibility index (Phi) is 7.90. The van der Waals surface area contributed by atoms with Crippen LogP contribution in [0.5, 0.6) is 0 Å². The maximum absolute atomic E-state index is 12.8. The van der Waals surface area contributed by atoms with Crippen LogP contribution in [0.25, 0.3) is 0 Å². The molecule has 3 rings (SSSR count). The summed E-state index contributed by atoms with van der Waals surface area (Å²) < 4.78 is 5.27. The molecule has 2 aromatic heterocycles. The summed E-state index contributed by atoms with van der Waals surface area (Å²) >= 11 is 0. The molecule has 2 amide bonds. The number of anilines is 1. The number of nitrogens with zero attached hydrogens (tertiary/aromatic N) is 4. The Hall–Kier alpha value is -3.86. The zero-order valence-electron chi connectivity index (χ0n) is 19.4. The number of ether oxygens (including phenoxy) is 1. The number of nitrogens with one attached hydrogen (secondary N) is 3. The number of pyridine rings is 2. The molecule has 0 aliphatic carbocycles. The smallest absolute Gasteiger partial charge is 0.410 e. The molecule has 1 aliphatic rings. The van der Waals surface area contributed by atoms with Gasteiger partial charge in [0.25, 0.3) is 5.91 Å². The minimum atomic E-state index is -0.478. The fourth-order valence-electron chi connectivity index (χ4n) is 3.44. The minimum Gasteiger partial charge on any atom is -0.447 e. The van der Waals surface area contributed by atoms with Crippen LogP contribution in [0.4, 0.5) is 10.6 Å². The van der Waals surface area contributed by atoms with E-state index < -0.39 is 11.9 Å². The zero-order chi connectivity index (χ0) is 24.8. The van der Waals surface area contributed by atoms with Crippen LogP contribution in [0.3, 0.4) is 0 Å². The maximum atomic E-state index is 12.8. The Bertz CT molecular complexity index is 1090. The van der Waals surface area contributed by atoms with Crippen molar-refractivity contribution < 1.29 is 19.4 Å². The predicted molar refractivity (Wildman–Crippen MR) is 126 cm³/mol. The molecular formula is C23H29N7O4. The van der Waals surface area contributed by atoms with Gasteiger partial charge in [-0.1, -0.05) is 6.07 Å². The molecule has 1 aliphatic heterocycles. The first-order chi connectivity index (χ1) is 16.2. The number of hydrogen-bond acceptors (Lipinski definition) is 8. The monoisotopic (exact) mass is 467 g/mol. The molecule has 0 saturated carbocycles. The molecule has 3 heterocycles. The van der Waals surface area contributed by atoms with Gasteiger partial charge in [0.05, 0.1) is 25.1 Å². The average molecular weight is 468 g/mol. The summed E-state index contributed by atoms with van der Waals surface area (Å²) in [6.07, 6.45) is 2.62. The van der Waals surface area contributed by atoms with Crippen molar-refractivity contribution in [3.8, 4) is 0 Å². The van der Waals surface area contributed by atoms with Gasteiger partial charge in [-0.15, -0.1) is 0 Å². The average Bonchev–Trinajstić information content (AvgIpc) is 2.83. The van der Waals surface area contributed by atoms with Gasteiger partial charge in [0.1, 0.15) is 17.2 Å². The van der Waals surface area contributed by atoms with Gasteiger partial charge >= 0.3 is 6.09 Å². The molecule has 1 atom stereocenters. The second-order valence-corrected chi connectivity index (χ2v) is 8.22. The lowest BCUT2D eigenvalue weighted by Crippen LogP contribution is -2.39. The number of carbonyl (C=O) groups excluding carboxylic acids is 2. The number of aliphatic hydroxyl groups excluding tert-OH is 1. The standard InChI is InChI=1S/C23H29N7O4/c1-14(2)34-23(33)29-8-7-16-10-26-19(9-17(16)11-29)22(32)28-20-6-4-5-18(27-20)21(25)30(13-24)15(3)12-31/h4-6,9-10,13-15,24-25,31H,7-8,11-12H2,1-3H3,(H,27,28,32). The minimum absolute atomic E-state index is 0.0760. The van der Waals surface area contributed by atoms with Gasteiger partial charge < -0.3 is 25.0 Å². The lowest BCUT2D eigenvalue weighted by Gasteiger charge is -2.28. The van der Waals surface area contributed by atoms with E-state index >= 15 is 0 Å². The van der Waals surface area contributed by atoms with E-state index in [-0.39, 0.29) is 41.8 Å². The SMILES string of the molecule is CC(C)OC(=O)N1CCc2cnc(C(=O)Nc3cccc(C(=N)N(C=N)C(C)CO)n3)cc2C1. The van der Waals surface area contributed by atoms with Gasteiger partial charge in [-0.3, -0.25) is 20.6 Å². The van der Waals surface area contributed by atoms with Crippen LogP contribution in [0.15, 0.2) is 30.5 Å². The van der Waals surface area contributed by atoms with E-state index in [1.165, 1.54) is 4.90 Å². The van der Waals surface area contributed by atoms with E-state index in [0.29, 0.717) is 19.5 Å². The molecule has 0 radical (unpaired) electrons. The highest BCUT2D eigenvalue weighted by molar-refractivity contribution is 6.04.